The third-order valence-electron chi connectivity index (χ3n) is 5.47. The Hall–Kier alpha value is -4.20. The molecule has 4 aromatic rings. The second-order valence-electron chi connectivity index (χ2n) is 7.80. The quantitative estimate of drug-likeness (QED) is 0.441. The number of hydrogen-bond acceptors (Lipinski definition) is 7. The number of aromatic nitrogens is 3. The zero-order valence-electron chi connectivity index (χ0n) is 18.0. The minimum absolute atomic E-state index is 0.159. The number of ether oxygens (including phenoxy) is 1. The first-order valence-corrected chi connectivity index (χ1v) is 10.9. The van der Waals surface area contributed by atoms with Gasteiger partial charge in [-0.1, -0.05) is 12.1 Å². The second-order valence-corrected chi connectivity index (χ2v) is 7.80. The molecule has 0 atom stereocenters. The number of rotatable bonds is 6. The van der Waals surface area contributed by atoms with E-state index in [9.17, 15) is 4.79 Å². The van der Waals surface area contributed by atoms with Crippen molar-refractivity contribution in [2.45, 2.75) is 19.3 Å². The van der Waals surface area contributed by atoms with E-state index in [0.29, 0.717) is 34.3 Å². The molecule has 1 N–H and O–H groups in total. The Kier molecular flexibility index (Phi) is 5.97. The van der Waals surface area contributed by atoms with Crippen LogP contribution in [-0.4, -0.2) is 34.2 Å². The van der Waals surface area contributed by atoms with Crippen LogP contribution in [0, 0.1) is 0 Å². The van der Waals surface area contributed by atoms with Gasteiger partial charge in [0.25, 0.3) is 11.8 Å². The van der Waals surface area contributed by atoms with Crippen molar-refractivity contribution in [1.29, 1.82) is 0 Å². The van der Waals surface area contributed by atoms with Crippen molar-refractivity contribution >= 4 is 17.3 Å². The van der Waals surface area contributed by atoms with Crippen LogP contribution in [-0.2, 0) is 0 Å². The normalized spacial score (nSPS) is 13.5. The van der Waals surface area contributed by atoms with Crippen molar-refractivity contribution in [3.05, 3.63) is 78.8 Å². The van der Waals surface area contributed by atoms with Gasteiger partial charge in [0.05, 0.1) is 0 Å². The lowest BCUT2D eigenvalue weighted by Crippen LogP contribution is -2.29. The molecule has 1 aliphatic rings. The SMILES string of the molecule is O=C(Nc1cccc(Oc2ccnc(-c3nnco3)c2)c1)c1cccc(N2CCCCC2)c1. The summed E-state index contributed by atoms with van der Waals surface area (Å²) in [7, 11) is 0. The maximum absolute atomic E-state index is 12.9. The third kappa shape index (κ3) is 5.01. The Balaban J connectivity index is 1.28. The lowest BCUT2D eigenvalue weighted by molar-refractivity contribution is 0.102. The lowest BCUT2D eigenvalue weighted by atomic mass is 10.1. The van der Waals surface area contributed by atoms with E-state index in [0.717, 1.165) is 18.8 Å². The summed E-state index contributed by atoms with van der Waals surface area (Å²) in [4.78, 5) is 19.5. The van der Waals surface area contributed by atoms with Gasteiger partial charge in [-0.2, -0.15) is 0 Å². The predicted molar refractivity (Wildman–Crippen MR) is 125 cm³/mol. The van der Waals surface area contributed by atoms with E-state index in [1.807, 2.05) is 36.4 Å². The van der Waals surface area contributed by atoms with Crippen LogP contribution in [0.15, 0.2) is 77.7 Å². The molecular weight excluding hydrogens is 418 g/mol. The highest BCUT2D eigenvalue weighted by molar-refractivity contribution is 6.04. The van der Waals surface area contributed by atoms with E-state index < -0.39 is 0 Å². The zero-order valence-corrected chi connectivity index (χ0v) is 18.0. The number of nitrogens with one attached hydrogen (secondary N) is 1. The first-order valence-electron chi connectivity index (χ1n) is 10.9. The molecule has 2 aromatic carbocycles. The average Bonchev–Trinajstić information content (AvgIpc) is 3.40. The summed E-state index contributed by atoms with van der Waals surface area (Å²) in [6.45, 7) is 2.07. The standard InChI is InChI=1S/C25H23N5O3/c31-24(18-6-4-8-20(14-18)30-12-2-1-3-13-30)28-19-7-5-9-21(15-19)33-22-10-11-26-23(16-22)25-29-27-17-32-25/h4-11,14-17H,1-3,12-13H2,(H,28,31). The number of benzene rings is 2. The lowest BCUT2D eigenvalue weighted by Gasteiger charge is -2.29. The Morgan fingerprint density at radius 2 is 1.82 bits per heavy atom. The zero-order chi connectivity index (χ0) is 22.5. The predicted octanol–water partition coefficient (Wildman–Crippen LogP) is 5.17. The molecule has 1 saturated heterocycles. The average molecular weight is 441 g/mol. The van der Waals surface area contributed by atoms with E-state index >= 15 is 0 Å². The van der Waals surface area contributed by atoms with Crippen molar-refractivity contribution in [2.24, 2.45) is 0 Å². The van der Waals surface area contributed by atoms with Crippen LogP contribution in [0.4, 0.5) is 11.4 Å². The highest BCUT2D eigenvalue weighted by atomic mass is 16.5. The molecule has 0 unspecified atom stereocenters. The Bertz CT molecular complexity index is 1240. The van der Waals surface area contributed by atoms with E-state index in [1.165, 1.54) is 25.7 Å². The van der Waals surface area contributed by atoms with Crippen LogP contribution in [0.2, 0.25) is 0 Å². The minimum atomic E-state index is -0.159. The molecule has 33 heavy (non-hydrogen) atoms. The van der Waals surface area contributed by atoms with Crippen molar-refractivity contribution in [3.8, 4) is 23.1 Å². The van der Waals surface area contributed by atoms with Gasteiger partial charge < -0.3 is 19.4 Å². The van der Waals surface area contributed by atoms with Gasteiger partial charge in [0.15, 0.2) is 0 Å². The molecule has 166 valence electrons. The van der Waals surface area contributed by atoms with Crippen molar-refractivity contribution < 1.29 is 13.9 Å². The largest absolute Gasteiger partial charge is 0.457 e. The van der Waals surface area contributed by atoms with Crippen molar-refractivity contribution in [2.75, 3.05) is 23.3 Å². The number of anilines is 2. The third-order valence-corrected chi connectivity index (χ3v) is 5.47. The van der Waals surface area contributed by atoms with Crippen LogP contribution in [0.3, 0.4) is 0 Å². The highest BCUT2D eigenvalue weighted by Crippen LogP contribution is 2.27. The van der Waals surface area contributed by atoms with Gasteiger partial charge in [-0.25, -0.2) is 0 Å². The maximum atomic E-state index is 12.9. The smallest absolute Gasteiger partial charge is 0.266 e. The summed E-state index contributed by atoms with van der Waals surface area (Å²) < 4.78 is 11.1. The molecule has 0 bridgehead atoms. The molecule has 3 heterocycles. The molecule has 1 fully saturated rings. The molecule has 0 spiro atoms. The van der Waals surface area contributed by atoms with Crippen LogP contribution < -0.4 is 15.0 Å². The first-order chi connectivity index (χ1) is 16.2. The number of hydrogen-bond donors (Lipinski definition) is 1. The molecule has 2 aromatic heterocycles. The molecule has 5 rings (SSSR count). The topological polar surface area (TPSA) is 93.4 Å². The summed E-state index contributed by atoms with van der Waals surface area (Å²) in [5.74, 6) is 1.30. The number of carbonyl (C=O) groups excluding carboxylic acids is 1. The Labute approximate surface area is 191 Å². The molecule has 1 aliphatic heterocycles. The van der Waals surface area contributed by atoms with E-state index in [2.05, 4.69) is 31.5 Å². The van der Waals surface area contributed by atoms with E-state index in [1.54, 1.807) is 24.4 Å². The van der Waals surface area contributed by atoms with E-state index in [-0.39, 0.29) is 5.91 Å². The van der Waals surface area contributed by atoms with Crippen LogP contribution in [0.5, 0.6) is 11.5 Å². The fourth-order valence-corrected chi connectivity index (χ4v) is 3.85. The summed E-state index contributed by atoms with van der Waals surface area (Å²) in [6, 6.07) is 18.5. The van der Waals surface area contributed by atoms with Gasteiger partial charge in [-0.3, -0.25) is 9.78 Å². The first kappa shape index (κ1) is 20.7. The second kappa shape index (κ2) is 9.52. The number of pyridine rings is 1. The number of carbonyl (C=O) groups is 1. The van der Waals surface area contributed by atoms with E-state index in [4.69, 9.17) is 9.15 Å². The highest BCUT2D eigenvalue weighted by Gasteiger charge is 2.14. The summed E-state index contributed by atoms with van der Waals surface area (Å²) in [5.41, 5.74) is 2.88. The van der Waals surface area contributed by atoms with Gasteiger partial charge >= 0.3 is 0 Å². The van der Waals surface area contributed by atoms with Gasteiger partial charge in [-0.05, 0) is 55.7 Å². The van der Waals surface area contributed by atoms with Crippen LogP contribution in [0.25, 0.3) is 11.6 Å². The minimum Gasteiger partial charge on any atom is -0.457 e. The monoisotopic (exact) mass is 441 g/mol. The number of piperidine rings is 1. The molecule has 0 radical (unpaired) electrons. The number of nitrogens with zero attached hydrogens (tertiary/aromatic N) is 4. The van der Waals surface area contributed by atoms with Crippen LogP contribution >= 0.6 is 0 Å². The van der Waals surface area contributed by atoms with Gasteiger partial charge in [0.1, 0.15) is 17.2 Å². The summed E-state index contributed by atoms with van der Waals surface area (Å²) >= 11 is 0. The fourth-order valence-electron chi connectivity index (χ4n) is 3.85. The van der Waals surface area contributed by atoms with Crippen LogP contribution in [0.1, 0.15) is 29.6 Å². The number of amides is 1. The molecule has 0 saturated carbocycles. The molecule has 8 nitrogen and oxygen atoms in total. The molecule has 8 heteroatoms. The van der Waals surface area contributed by atoms with Gasteiger partial charge in [-0.15, -0.1) is 10.2 Å². The Morgan fingerprint density at radius 1 is 0.970 bits per heavy atom. The van der Waals surface area contributed by atoms with Crippen molar-refractivity contribution in [1.82, 2.24) is 15.2 Å². The van der Waals surface area contributed by atoms with Gasteiger partial charge in [0, 0.05) is 48.4 Å². The molecule has 0 aliphatic carbocycles. The van der Waals surface area contributed by atoms with Crippen molar-refractivity contribution in [3.63, 3.8) is 0 Å². The molecular formula is C25H23N5O3. The van der Waals surface area contributed by atoms with Gasteiger partial charge in [0.2, 0.25) is 6.39 Å². The summed E-state index contributed by atoms with van der Waals surface area (Å²) in [5, 5.41) is 10.5. The maximum Gasteiger partial charge on any atom is 0.266 e. The summed E-state index contributed by atoms with van der Waals surface area (Å²) in [6.07, 6.45) is 6.51. The molecule has 1 amide bonds. The Morgan fingerprint density at radius 3 is 2.67 bits per heavy atom. The fraction of sp³-hybridized carbons (Fsp3) is 0.200.